The molecule has 2 bridgehead atoms. The van der Waals surface area contributed by atoms with Crippen molar-refractivity contribution in [3.63, 3.8) is 0 Å². The van der Waals surface area contributed by atoms with Gasteiger partial charge in [-0.1, -0.05) is 24.3 Å². The number of quaternary nitrogens is 1. The van der Waals surface area contributed by atoms with E-state index in [1.165, 1.54) is 17.5 Å². The summed E-state index contributed by atoms with van der Waals surface area (Å²) in [5.41, 5.74) is 2.56. The van der Waals surface area contributed by atoms with Gasteiger partial charge >= 0.3 is 6.09 Å². The highest BCUT2D eigenvalue weighted by molar-refractivity contribution is 5.69. The quantitative estimate of drug-likeness (QED) is 0.422. The molecule has 8 heteroatoms. The summed E-state index contributed by atoms with van der Waals surface area (Å²) in [6.45, 7) is 4.71. The number of ether oxygens (including phenoxy) is 3. The lowest BCUT2D eigenvalue weighted by atomic mass is 9.68. The molecule has 7 rings (SSSR count). The molecule has 5 heterocycles. The Morgan fingerprint density at radius 3 is 2.47 bits per heavy atom. The van der Waals surface area contributed by atoms with Gasteiger partial charge < -0.3 is 33.9 Å². The van der Waals surface area contributed by atoms with Crippen LogP contribution in [-0.4, -0.2) is 90.5 Å². The normalized spacial score (nSPS) is 36.7. The van der Waals surface area contributed by atoms with E-state index in [1.54, 1.807) is 0 Å². The molecular weight excluding hydrogens is 482 g/mol. The average Bonchev–Trinajstić information content (AvgIpc) is 3.48. The molecule has 208 valence electrons. The van der Waals surface area contributed by atoms with E-state index in [0.29, 0.717) is 38.4 Å². The summed E-state index contributed by atoms with van der Waals surface area (Å²) in [7, 11) is 0. The van der Waals surface area contributed by atoms with Crippen molar-refractivity contribution in [2.24, 2.45) is 0 Å². The highest BCUT2D eigenvalue weighted by Gasteiger charge is 2.50. The van der Waals surface area contributed by atoms with E-state index in [2.05, 4.69) is 34.1 Å². The SMILES string of the molecule is O=C(O[C@H]1CCOC1)N1C2CCC1CC(N1CCC3(CC1)C[N+]([O-])(COC1CCC1)Cc1ccccc13)C2. The number of hydroxylamine groups is 3. The third-order valence-corrected chi connectivity index (χ3v) is 10.6. The highest BCUT2D eigenvalue weighted by atomic mass is 16.6. The Bertz CT molecular complexity index is 1000. The molecule has 6 aliphatic rings. The molecule has 1 aliphatic carbocycles. The van der Waals surface area contributed by atoms with Crippen molar-refractivity contribution in [2.75, 3.05) is 39.6 Å². The predicted octanol–water partition coefficient (Wildman–Crippen LogP) is 4.30. The number of amides is 1. The van der Waals surface area contributed by atoms with Crippen molar-refractivity contribution in [2.45, 2.75) is 107 Å². The number of fused-ring (bicyclic) bond motifs is 4. The van der Waals surface area contributed by atoms with Crippen LogP contribution in [0.1, 0.15) is 75.3 Å². The summed E-state index contributed by atoms with van der Waals surface area (Å²) in [6, 6.07) is 9.76. The fourth-order valence-corrected chi connectivity index (χ4v) is 8.35. The summed E-state index contributed by atoms with van der Waals surface area (Å²) < 4.78 is 17.0. The summed E-state index contributed by atoms with van der Waals surface area (Å²) in [4.78, 5) is 17.7. The third kappa shape index (κ3) is 4.66. The van der Waals surface area contributed by atoms with Gasteiger partial charge in [-0.15, -0.1) is 0 Å². The monoisotopic (exact) mass is 525 g/mol. The summed E-state index contributed by atoms with van der Waals surface area (Å²) in [5.74, 6) is 0. The molecule has 5 fully saturated rings. The summed E-state index contributed by atoms with van der Waals surface area (Å²) in [5, 5.41) is 14.0. The Kier molecular flexibility index (Phi) is 6.68. The van der Waals surface area contributed by atoms with E-state index >= 15 is 0 Å². The first-order valence-electron chi connectivity index (χ1n) is 15.1. The van der Waals surface area contributed by atoms with Gasteiger partial charge in [0.05, 0.1) is 25.9 Å². The molecule has 4 atom stereocenters. The van der Waals surface area contributed by atoms with Gasteiger partial charge in [0.2, 0.25) is 0 Å². The number of hydrogen-bond acceptors (Lipinski definition) is 6. The lowest BCUT2D eigenvalue weighted by Gasteiger charge is -2.56. The first-order chi connectivity index (χ1) is 18.5. The molecule has 38 heavy (non-hydrogen) atoms. The number of hydrogen-bond donors (Lipinski definition) is 0. The minimum absolute atomic E-state index is 0.0666. The van der Waals surface area contributed by atoms with Crippen LogP contribution in [0.5, 0.6) is 0 Å². The first kappa shape index (κ1) is 25.3. The van der Waals surface area contributed by atoms with Gasteiger partial charge in [-0.05, 0) is 76.4 Å². The van der Waals surface area contributed by atoms with Gasteiger partial charge in [0.15, 0.2) is 6.73 Å². The van der Waals surface area contributed by atoms with Crippen LogP contribution >= 0.6 is 0 Å². The van der Waals surface area contributed by atoms with Crippen LogP contribution in [0.2, 0.25) is 0 Å². The van der Waals surface area contributed by atoms with Gasteiger partial charge in [-0.25, -0.2) is 4.79 Å². The van der Waals surface area contributed by atoms with Crippen LogP contribution in [0, 0.1) is 5.21 Å². The second kappa shape index (κ2) is 10.0. The van der Waals surface area contributed by atoms with Crippen molar-refractivity contribution < 1.29 is 23.7 Å². The topological polar surface area (TPSA) is 74.3 Å². The second-order valence-corrected chi connectivity index (χ2v) is 13.0. The number of benzene rings is 1. The van der Waals surface area contributed by atoms with Gasteiger partial charge in [-0.2, -0.15) is 0 Å². The van der Waals surface area contributed by atoms with E-state index in [9.17, 15) is 10.0 Å². The van der Waals surface area contributed by atoms with Crippen molar-refractivity contribution >= 4 is 6.09 Å². The molecule has 1 aromatic carbocycles. The Hall–Kier alpha value is -1.71. The predicted molar refractivity (Wildman–Crippen MR) is 142 cm³/mol. The fourth-order valence-electron chi connectivity index (χ4n) is 8.35. The van der Waals surface area contributed by atoms with Gasteiger partial charge in [0, 0.05) is 35.5 Å². The maximum Gasteiger partial charge on any atom is 0.410 e. The maximum atomic E-state index is 14.0. The lowest BCUT2D eigenvalue weighted by molar-refractivity contribution is -0.920. The molecule has 4 saturated heterocycles. The molecular formula is C30H43N3O5. The fraction of sp³-hybridized carbons (Fsp3) is 0.767. The number of nitrogens with zero attached hydrogens (tertiary/aromatic N) is 3. The van der Waals surface area contributed by atoms with E-state index in [-0.39, 0.29) is 41.1 Å². The van der Waals surface area contributed by atoms with Gasteiger partial charge in [0.25, 0.3) is 0 Å². The van der Waals surface area contributed by atoms with Crippen molar-refractivity contribution in [3.05, 3.63) is 40.6 Å². The van der Waals surface area contributed by atoms with E-state index < -0.39 is 0 Å². The van der Waals surface area contributed by atoms with E-state index in [0.717, 1.165) is 70.9 Å². The van der Waals surface area contributed by atoms with Crippen LogP contribution in [-0.2, 0) is 26.2 Å². The zero-order valence-electron chi connectivity index (χ0n) is 22.6. The zero-order chi connectivity index (χ0) is 25.7. The lowest BCUT2D eigenvalue weighted by Crippen LogP contribution is -2.61. The minimum atomic E-state index is -0.246. The number of rotatable bonds is 5. The number of piperidine rings is 2. The van der Waals surface area contributed by atoms with E-state index in [4.69, 9.17) is 14.2 Å². The molecule has 8 nitrogen and oxygen atoms in total. The van der Waals surface area contributed by atoms with Crippen molar-refractivity contribution in [3.8, 4) is 0 Å². The number of carbonyl (C=O) groups excluding carboxylic acids is 1. The maximum absolute atomic E-state index is 14.0. The molecule has 1 spiro atoms. The Balaban J connectivity index is 1.01. The van der Waals surface area contributed by atoms with Crippen LogP contribution in [0.15, 0.2) is 24.3 Å². The molecule has 0 N–H and O–H groups in total. The zero-order valence-corrected chi connectivity index (χ0v) is 22.6. The number of likely N-dealkylation sites (tertiary alicyclic amines) is 1. The van der Waals surface area contributed by atoms with Crippen LogP contribution in [0.4, 0.5) is 4.79 Å². The largest absolute Gasteiger partial charge is 0.631 e. The average molecular weight is 526 g/mol. The van der Waals surface area contributed by atoms with Crippen LogP contribution in [0.25, 0.3) is 0 Å². The van der Waals surface area contributed by atoms with Crippen molar-refractivity contribution in [1.82, 2.24) is 9.80 Å². The Morgan fingerprint density at radius 1 is 1.03 bits per heavy atom. The minimum Gasteiger partial charge on any atom is -0.631 e. The molecule has 1 saturated carbocycles. The van der Waals surface area contributed by atoms with Crippen LogP contribution < -0.4 is 0 Å². The summed E-state index contributed by atoms with van der Waals surface area (Å²) >= 11 is 0. The van der Waals surface area contributed by atoms with Gasteiger partial charge in [0.1, 0.15) is 12.6 Å². The molecule has 1 amide bonds. The standard InChI is InChI=1S/C30H43N3O5/c34-29(38-27-10-15-36-19-27)32-23-8-9-24(32)17-25(16-23)31-13-11-30(12-14-31)20-33(35,21-37-26-5-3-6-26)18-22-4-1-2-7-28(22)30/h1-2,4,7,23-27H,3,5-6,8-21H2/t23?,24?,25?,27-,33?/m0/s1. The first-order valence-corrected chi connectivity index (χ1v) is 15.1. The molecule has 0 radical (unpaired) electrons. The Morgan fingerprint density at radius 2 is 1.79 bits per heavy atom. The summed E-state index contributed by atoms with van der Waals surface area (Å²) in [6.07, 6.45) is 10.6. The molecule has 5 aliphatic heterocycles. The smallest absolute Gasteiger partial charge is 0.410 e. The molecule has 3 unspecified atom stereocenters. The van der Waals surface area contributed by atoms with E-state index in [1.807, 2.05) is 0 Å². The second-order valence-electron chi connectivity index (χ2n) is 13.0. The van der Waals surface area contributed by atoms with Crippen molar-refractivity contribution in [1.29, 1.82) is 0 Å². The molecule has 1 aromatic rings. The number of carbonyl (C=O) groups is 1. The van der Waals surface area contributed by atoms with Crippen LogP contribution in [0.3, 0.4) is 0 Å². The molecule has 0 aromatic heterocycles. The Labute approximate surface area is 226 Å². The van der Waals surface area contributed by atoms with Gasteiger partial charge in [-0.3, -0.25) is 0 Å². The third-order valence-electron chi connectivity index (χ3n) is 10.6. The highest BCUT2D eigenvalue weighted by Crippen LogP contribution is 2.46.